The minimum Gasteiger partial charge on any atom is -0.449 e. The fourth-order valence-corrected chi connectivity index (χ4v) is 6.04. The summed E-state index contributed by atoms with van der Waals surface area (Å²) in [4.78, 5) is 75.1. The molecule has 0 spiro atoms. The number of hydrogen-bond donors (Lipinski definition) is 4. The molecule has 15 heteroatoms. The van der Waals surface area contributed by atoms with Crippen LogP contribution in [0, 0.1) is 28.4 Å². The van der Waals surface area contributed by atoms with Gasteiger partial charge in [0.1, 0.15) is 31.0 Å². The molecule has 4 aromatic rings. The number of benzene rings is 4. The Morgan fingerprint density at radius 1 is 0.839 bits per heavy atom. The molecule has 0 fully saturated rings. The number of ether oxygens (including phenoxy) is 3. The highest BCUT2D eigenvalue weighted by Crippen LogP contribution is 2.44. The summed E-state index contributed by atoms with van der Waals surface area (Å²) in [5.74, 6) is -0.111. The normalized spacial score (nSPS) is 12.5. The summed E-state index contributed by atoms with van der Waals surface area (Å²) in [7, 11) is 0. The maximum atomic E-state index is 13.3. The van der Waals surface area contributed by atoms with Crippen LogP contribution in [0.3, 0.4) is 0 Å². The van der Waals surface area contributed by atoms with E-state index in [2.05, 4.69) is 27.2 Å². The summed E-state index contributed by atoms with van der Waals surface area (Å²) in [5, 5.41) is 21.3. The highest BCUT2D eigenvalue weighted by molar-refractivity contribution is 6.01. The summed E-state index contributed by atoms with van der Waals surface area (Å²) < 4.78 is 15.8. The van der Waals surface area contributed by atoms with E-state index in [9.17, 15) is 34.1 Å². The maximum Gasteiger partial charge on any atom is 0.514 e. The van der Waals surface area contributed by atoms with Gasteiger partial charge in [0.15, 0.2) is 0 Å². The Balaban J connectivity index is 1.17. The van der Waals surface area contributed by atoms with Crippen LogP contribution in [-0.4, -0.2) is 60.1 Å². The number of non-ortho nitro benzene ring substituents is 1. The number of terminal acetylenes is 1. The number of fused-ring (bicyclic) bond motifs is 3. The molecule has 1 aliphatic rings. The maximum absolute atomic E-state index is 13.3. The second-order valence-corrected chi connectivity index (χ2v) is 13.1. The van der Waals surface area contributed by atoms with E-state index in [0.29, 0.717) is 0 Å². The lowest BCUT2D eigenvalue weighted by atomic mass is 9.98. The Bertz CT molecular complexity index is 2130. The number of nitro groups is 1. The van der Waals surface area contributed by atoms with Crippen LogP contribution >= 0.6 is 0 Å². The molecule has 5 rings (SSSR count). The molecule has 56 heavy (non-hydrogen) atoms. The summed E-state index contributed by atoms with van der Waals surface area (Å²) >= 11 is 0. The van der Waals surface area contributed by atoms with E-state index < -0.39 is 53.6 Å². The number of nitrogens with zero attached hydrogens (tertiary/aromatic N) is 1. The number of carbonyl (C=O) groups excluding carboxylic acids is 5. The zero-order valence-electron chi connectivity index (χ0n) is 30.7. The van der Waals surface area contributed by atoms with Gasteiger partial charge in [0.25, 0.3) is 11.6 Å². The standard InChI is InChI=1S/C41H39N5O10/c1-5-20-42-38(48)34-21-27(15-14-26(34)22-55-41(51)56-29-18-16-28(17-19-29)46(52)53)44-37(47)25(4)43-39(49)36(24(2)3)45-40(50)54-23-35-32-12-8-6-10-30(32)31-11-7-9-13-33(31)35/h1,6-19,21,24-25,35-36H,20,22-23H2,2-4H3,(H,42,48)(H,43,49)(H,44,47)(H,45,50)/t25-,36-/m0/s1. The molecule has 0 heterocycles. The molecule has 288 valence electrons. The minimum atomic E-state index is -1.14. The van der Waals surface area contributed by atoms with Gasteiger partial charge in [-0.3, -0.25) is 24.5 Å². The van der Waals surface area contributed by atoms with Crippen molar-refractivity contribution < 1.29 is 43.1 Å². The first-order chi connectivity index (χ1) is 26.9. The second kappa shape index (κ2) is 18.2. The third-order valence-electron chi connectivity index (χ3n) is 8.89. The lowest BCUT2D eigenvalue weighted by Gasteiger charge is -2.24. The number of nitro benzene ring substituents is 1. The van der Waals surface area contributed by atoms with Gasteiger partial charge in [-0.1, -0.05) is 74.4 Å². The van der Waals surface area contributed by atoms with Crippen LogP contribution in [0.1, 0.15) is 53.7 Å². The number of alkyl carbamates (subject to hydrolysis) is 1. The van der Waals surface area contributed by atoms with Gasteiger partial charge in [-0.2, -0.15) is 0 Å². The van der Waals surface area contributed by atoms with Crippen molar-refractivity contribution in [1.29, 1.82) is 0 Å². The van der Waals surface area contributed by atoms with Crippen LogP contribution in [0.2, 0.25) is 0 Å². The molecule has 0 bridgehead atoms. The number of amides is 4. The minimum absolute atomic E-state index is 0.000383. The SMILES string of the molecule is C#CCNC(=O)c1cc(NC(=O)[C@H](C)NC(=O)[C@@H](NC(=O)OCC2c3ccccc3-c3ccccc32)C(C)C)ccc1COC(=O)Oc1ccc([N+](=O)[O-])cc1. The number of anilines is 1. The van der Waals surface area contributed by atoms with Crippen LogP contribution in [0.15, 0.2) is 91.0 Å². The van der Waals surface area contributed by atoms with E-state index in [-0.39, 0.29) is 53.2 Å². The van der Waals surface area contributed by atoms with Crippen molar-refractivity contribution in [3.05, 3.63) is 123 Å². The molecular weight excluding hydrogens is 722 g/mol. The number of rotatable bonds is 14. The molecule has 2 atom stereocenters. The van der Waals surface area contributed by atoms with E-state index in [1.54, 1.807) is 13.8 Å². The van der Waals surface area contributed by atoms with Gasteiger partial charge >= 0.3 is 12.2 Å². The Labute approximate surface area is 322 Å². The molecule has 4 aromatic carbocycles. The van der Waals surface area contributed by atoms with Gasteiger partial charge < -0.3 is 35.5 Å². The Hall–Kier alpha value is -7.21. The molecule has 15 nitrogen and oxygen atoms in total. The van der Waals surface area contributed by atoms with Crippen LogP contribution in [0.4, 0.5) is 21.0 Å². The van der Waals surface area contributed by atoms with Crippen molar-refractivity contribution in [2.24, 2.45) is 5.92 Å². The lowest BCUT2D eigenvalue weighted by Crippen LogP contribution is -2.53. The molecule has 0 radical (unpaired) electrons. The van der Waals surface area contributed by atoms with Gasteiger partial charge in [0.05, 0.1) is 11.5 Å². The van der Waals surface area contributed by atoms with Gasteiger partial charge in [-0.25, -0.2) is 9.59 Å². The third kappa shape index (κ3) is 9.85. The Morgan fingerprint density at radius 3 is 2.09 bits per heavy atom. The lowest BCUT2D eigenvalue weighted by molar-refractivity contribution is -0.384. The van der Waals surface area contributed by atoms with Crippen molar-refractivity contribution in [1.82, 2.24) is 16.0 Å². The van der Waals surface area contributed by atoms with Crippen LogP contribution < -0.4 is 26.0 Å². The van der Waals surface area contributed by atoms with Crippen molar-refractivity contribution in [3.8, 4) is 29.2 Å². The largest absolute Gasteiger partial charge is 0.514 e. The molecule has 0 aliphatic heterocycles. The third-order valence-corrected chi connectivity index (χ3v) is 8.89. The number of carbonyl (C=O) groups is 5. The van der Waals surface area contributed by atoms with E-state index in [1.165, 1.54) is 37.3 Å². The molecule has 4 amide bonds. The van der Waals surface area contributed by atoms with Crippen LogP contribution in [-0.2, 0) is 25.7 Å². The van der Waals surface area contributed by atoms with Crippen LogP contribution in [0.5, 0.6) is 5.75 Å². The van der Waals surface area contributed by atoms with E-state index in [4.69, 9.17) is 20.6 Å². The average molecular weight is 762 g/mol. The average Bonchev–Trinajstić information content (AvgIpc) is 3.50. The van der Waals surface area contributed by atoms with Gasteiger partial charge in [0.2, 0.25) is 11.8 Å². The van der Waals surface area contributed by atoms with Crippen molar-refractivity contribution in [2.45, 2.75) is 45.4 Å². The molecule has 0 unspecified atom stereocenters. The summed E-state index contributed by atoms with van der Waals surface area (Å²) in [6, 6.07) is 22.7. The molecule has 1 aliphatic carbocycles. The van der Waals surface area contributed by atoms with Gasteiger partial charge in [-0.15, -0.1) is 6.42 Å². The first-order valence-corrected chi connectivity index (χ1v) is 17.5. The summed E-state index contributed by atoms with van der Waals surface area (Å²) in [5.41, 5.74) is 4.49. The van der Waals surface area contributed by atoms with Crippen molar-refractivity contribution in [2.75, 3.05) is 18.5 Å². The highest BCUT2D eigenvalue weighted by atomic mass is 16.7. The molecule has 0 saturated carbocycles. The Morgan fingerprint density at radius 2 is 1.48 bits per heavy atom. The molecular formula is C41H39N5O10. The summed E-state index contributed by atoms with van der Waals surface area (Å²) in [6.07, 6.45) is 3.37. The van der Waals surface area contributed by atoms with Gasteiger partial charge in [0, 0.05) is 34.9 Å². The van der Waals surface area contributed by atoms with E-state index >= 15 is 0 Å². The fraction of sp³-hybridized carbons (Fsp3) is 0.244. The summed E-state index contributed by atoms with van der Waals surface area (Å²) in [6.45, 7) is 4.47. The number of nitrogens with one attached hydrogen (secondary N) is 4. The smallest absolute Gasteiger partial charge is 0.449 e. The molecule has 0 aromatic heterocycles. The number of hydrogen-bond acceptors (Lipinski definition) is 10. The highest BCUT2D eigenvalue weighted by Gasteiger charge is 2.31. The first-order valence-electron chi connectivity index (χ1n) is 17.5. The quantitative estimate of drug-likeness (QED) is 0.0407. The van der Waals surface area contributed by atoms with Crippen molar-refractivity contribution in [3.63, 3.8) is 0 Å². The topological polar surface area (TPSA) is 204 Å². The predicted molar refractivity (Wildman–Crippen MR) is 205 cm³/mol. The zero-order valence-corrected chi connectivity index (χ0v) is 30.7. The molecule has 0 saturated heterocycles. The molecule has 4 N–H and O–H groups in total. The van der Waals surface area contributed by atoms with Gasteiger partial charge in [-0.05, 0) is 59.4 Å². The van der Waals surface area contributed by atoms with Crippen molar-refractivity contribution >= 4 is 41.3 Å². The van der Waals surface area contributed by atoms with E-state index in [0.717, 1.165) is 34.4 Å². The van der Waals surface area contributed by atoms with Crippen LogP contribution in [0.25, 0.3) is 11.1 Å². The second-order valence-electron chi connectivity index (χ2n) is 13.1. The Kier molecular flexibility index (Phi) is 13.0. The first kappa shape index (κ1) is 40.0. The predicted octanol–water partition coefficient (Wildman–Crippen LogP) is 5.68. The zero-order chi connectivity index (χ0) is 40.4. The van der Waals surface area contributed by atoms with E-state index in [1.807, 2.05) is 48.5 Å². The monoisotopic (exact) mass is 761 g/mol. The fourth-order valence-electron chi connectivity index (χ4n) is 6.04.